The lowest BCUT2D eigenvalue weighted by molar-refractivity contribution is -0.0551. The number of nitrogens with one attached hydrogen (secondary N) is 2. The molecule has 10 heteroatoms. The van der Waals surface area contributed by atoms with Crippen LogP contribution in [0, 0.1) is 5.92 Å². The molecule has 43 heavy (non-hydrogen) atoms. The number of fused-ring (bicyclic) bond motifs is 1. The molecule has 1 amide bonds. The predicted octanol–water partition coefficient (Wildman–Crippen LogP) is 5.92. The van der Waals surface area contributed by atoms with Gasteiger partial charge in [-0.15, -0.1) is 21.5 Å². The number of hydrogen-bond donors (Lipinski definition) is 2. The van der Waals surface area contributed by atoms with Gasteiger partial charge in [-0.25, -0.2) is 4.98 Å². The number of H-pyrrole nitrogens is 1. The zero-order chi connectivity index (χ0) is 30.0. The minimum atomic E-state index is -0.464. The van der Waals surface area contributed by atoms with Gasteiger partial charge < -0.3 is 10.1 Å². The Morgan fingerprint density at radius 3 is 2.67 bits per heavy atom. The number of hydrogen-bond acceptors (Lipinski definition) is 8. The minimum absolute atomic E-state index is 0.0105. The van der Waals surface area contributed by atoms with Crippen molar-refractivity contribution in [3.63, 3.8) is 0 Å². The highest BCUT2D eigenvalue weighted by atomic mass is 32.1. The third-order valence-corrected chi connectivity index (χ3v) is 10.3. The van der Waals surface area contributed by atoms with Crippen LogP contribution in [0.3, 0.4) is 0 Å². The maximum absolute atomic E-state index is 13.5. The quantitative estimate of drug-likeness (QED) is 0.245. The van der Waals surface area contributed by atoms with Crippen LogP contribution < -0.4 is 5.32 Å². The van der Waals surface area contributed by atoms with Crippen molar-refractivity contribution in [1.82, 2.24) is 35.8 Å². The number of aromatic nitrogens is 5. The van der Waals surface area contributed by atoms with Gasteiger partial charge in [0.15, 0.2) is 10.8 Å². The third kappa shape index (κ3) is 6.51. The van der Waals surface area contributed by atoms with E-state index in [0.717, 1.165) is 48.9 Å². The van der Waals surface area contributed by atoms with Crippen LogP contribution in [0.25, 0.3) is 21.2 Å². The van der Waals surface area contributed by atoms with Crippen molar-refractivity contribution in [2.75, 3.05) is 26.3 Å². The van der Waals surface area contributed by atoms with Crippen molar-refractivity contribution < 1.29 is 9.53 Å². The summed E-state index contributed by atoms with van der Waals surface area (Å²) in [6.07, 6.45) is 7.23. The van der Waals surface area contributed by atoms with Crippen LogP contribution in [-0.4, -0.2) is 68.3 Å². The Balaban J connectivity index is 1.33. The van der Waals surface area contributed by atoms with Gasteiger partial charge in [-0.05, 0) is 42.5 Å². The van der Waals surface area contributed by atoms with Crippen LogP contribution in [-0.2, 0) is 23.1 Å². The van der Waals surface area contributed by atoms with Gasteiger partial charge in [0.25, 0.3) is 5.91 Å². The molecule has 0 spiro atoms. The van der Waals surface area contributed by atoms with E-state index in [1.165, 1.54) is 59.8 Å². The van der Waals surface area contributed by atoms with Crippen molar-refractivity contribution in [2.24, 2.45) is 5.92 Å². The van der Waals surface area contributed by atoms with E-state index in [1.807, 2.05) is 13.8 Å². The highest BCUT2D eigenvalue weighted by Gasteiger charge is 2.31. The van der Waals surface area contributed by atoms with Gasteiger partial charge in [0.1, 0.15) is 0 Å². The summed E-state index contributed by atoms with van der Waals surface area (Å²) in [5, 5.41) is 20.5. The number of ether oxygens (including phenoxy) is 1. The van der Waals surface area contributed by atoms with Crippen LogP contribution >= 0.6 is 11.3 Å². The molecule has 2 N–H and O–H groups in total. The molecule has 228 valence electrons. The first-order valence-corrected chi connectivity index (χ1v) is 16.4. The zero-order valence-electron chi connectivity index (χ0n) is 25.8. The summed E-state index contributed by atoms with van der Waals surface area (Å²) < 4.78 is 5.78. The molecular formula is C33H43N7O2S. The fourth-order valence-electron chi connectivity index (χ4n) is 6.45. The molecule has 3 heterocycles. The summed E-state index contributed by atoms with van der Waals surface area (Å²) in [6, 6.07) is 13.2. The molecule has 1 saturated heterocycles. The van der Waals surface area contributed by atoms with Crippen molar-refractivity contribution in [1.29, 1.82) is 0 Å². The second-order valence-corrected chi connectivity index (χ2v) is 14.4. The Morgan fingerprint density at radius 1 is 1.14 bits per heavy atom. The number of tetrazole rings is 1. The summed E-state index contributed by atoms with van der Waals surface area (Å²) in [5.41, 5.74) is 3.05. The lowest BCUT2D eigenvalue weighted by atomic mass is 9.85. The molecule has 1 aliphatic carbocycles. The Hall–Kier alpha value is -3.21. The fraction of sp³-hybridized carbons (Fsp3) is 0.545. The SMILES string of the molecule is CC(C)(CNC(=O)c1nc(CC2CCCCC2)c(-c2ccc(CN3CCOCC3(C)C)c3ccccc23)s1)c1nn[nH]n1. The number of benzene rings is 2. The normalized spacial score (nSPS) is 18.2. The van der Waals surface area contributed by atoms with E-state index in [0.29, 0.717) is 23.3 Å². The Bertz CT molecular complexity index is 1560. The average Bonchev–Trinajstić information content (AvgIpc) is 3.69. The first-order chi connectivity index (χ1) is 20.7. The maximum Gasteiger partial charge on any atom is 0.280 e. The molecular weight excluding hydrogens is 558 g/mol. The monoisotopic (exact) mass is 601 g/mol. The number of carbonyl (C=O) groups excluding carboxylic acids is 1. The number of rotatable bonds is 9. The molecule has 0 atom stereocenters. The molecule has 6 rings (SSSR count). The first-order valence-electron chi connectivity index (χ1n) is 15.6. The number of carbonyl (C=O) groups is 1. The van der Waals surface area contributed by atoms with Gasteiger partial charge in [-0.1, -0.05) is 87.6 Å². The molecule has 2 aromatic carbocycles. The molecule has 0 unspecified atom stereocenters. The molecule has 4 aromatic rings. The van der Waals surface area contributed by atoms with E-state index in [1.54, 1.807) is 0 Å². The number of amides is 1. The molecule has 2 aliphatic rings. The Morgan fingerprint density at radius 2 is 1.93 bits per heavy atom. The second kappa shape index (κ2) is 12.4. The summed E-state index contributed by atoms with van der Waals surface area (Å²) in [7, 11) is 0. The Labute approximate surface area is 257 Å². The number of aromatic amines is 1. The topological polar surface area (TPSA) is 109 Å². The number of morpholine rings is 1. The van der Waals surface area contributed by atoms with Crippen LogP contribution in [0.4, 0.5) is 0 Å². The summed E-state index contributed by atoms with van der Waals surface area (Å²) in [6.45, 7) is 12.2. The minimum Gasteiger partial charge on any atom is -0.378 e. The van der Waals surface area contributed by atoms with E-state index in [2.05, 4.69) is 81.1 Å². The first kappa shape index (κ1) is 29.8. The molecule has 0 bridgehead atoms. The van der Waals surface area contributed by atoms with Gasteiger partial charge in [-0.3, -0.25) is 9.69 Å². The van der Waals surface area contributed by atoms with Gasteiger partial charge in [0, 0.05) is 36.2 Å². The van der Waals surface area contributed by atoms with Crippen LogP contribution in [0.15, 0.2) is 36.4 Å². The third-order valence-electron chi connectivity index (χ3n) is 9.18. The molecule has 2 aromatic heterocycles. The molecule has 2 fully saturated rings. The predicted molar refractivity (Wildman–Crippen MR) is 170 cm³/mol. The van der Waals surface area contributed by atoms with E-state index in [-0.39, 0.29) is 11.4 Å². The summed E-state index contributed by atoms with van der Waals surface area (Å²) in [4.78, 5) is 22.2. The van der Waals surface area contributed by atoms with Gasteiger partial charge in [0.05, 0.1) is 23.8 Å². The Kier molecular flexibility index (Phi) is 8.62. The molecule has 9 nitrogen and oxygen atoms in total. The zero-order valence-corrected chi connectivity index (χ0v) is 26.6. The molecule has 1 saturated carbocycles. The highest BCUT2D eigenvalue weighted by molar-refractivity contribution is 7.17. The highest BCUT2D eigenvalue weighted by Crippen LogP contribution is 2.40. The summed E-state index contributed by atoms with van der Waals surface area (Å²) in [5.74, 6) is 1.02. The van der Waals surface area contributed by atoms with Crippen molar-refractivity contribution in [3.05, 3.63) is 58.5 Å². The van der Waals surface area contributed by atoms with E-state index in [4.69, 9.17) is 9.72 Å². The largest absolute Gasteiger partial charge is 0.378 e. The van der Waals surface area contributed by atoms with Crippen molar-refractivity contribution >= 4 is 28.0 Å². The smallest absolute Gasteiger partial charge is 0.280 e. The maximum atomic E-state index is 13.5. The number of thiazole rings is 1. The lowest BCUT2D eigenvalue weighted by Crippen LogP contribution is -2.52. The van der Waals surface area contributed by atoms with Crippen LogP contribution in [0.5, 0.6) is 0 Å². The summed E-state index contributed by atoms with van der Waals surface area (Å²) >= 11 is 1.51. The second-order valence-electron chi connectivity index (χ2n) is 13.4. The van der Waals surface area contributed by atoms with Gasteiger partial charge in [-0.2, -0.15) is 5.21 Å². The van der Waals surface area contributed by atoms with Crippen LogP contribution in [0.2, 0.25) is 0 Å². The van der Waals surface area contributed by atoms with E-state index < -0.39 is 5.41 Å². The lowest BCUT2D eigenvalue weighted by Gasteiger charge is -2.42. The molecule has 1 aliphatic heterocycles. The molecule has 0 radical (unpaired) electrons. The van der Waals surface area contributed by atoms with Gasteiger partial charge >= 0.3 is 0 Å². The van der Waals surface area contributed by atoms with E-state index in [9.17, 15) is 4.79 Å². The van der Waals surface area contributed by atoms with Crippen molar-refractivity contribution in [2.45, 2.75) is 83.7 Å². The standard InChI is InChI=1S/C33H43N7O2S/c1-32(2,31-36-38-39-37-31)20-34-29(41)30-35-27(18-22-10-6-5-7-11-22)28(43-30)26-15-14-23(24-12-8-9-13-25(24)26)19-40-16-17-42-21-33(40,3)4/h8-9,12-15,22H,5-7,10-11,16-21H2,1-4H3,(H,34,41)(H,36,37,38,39). The van der Waals surface area contributed by atoms with Crippen LogP contribution in [0.1, 0.15) is 86.7 Å². The van der Waals surface area contributed by atoms with Gasteiger partial charge in [0.2, 0.25) is 0 Å². The van der Waals surface area contributed by atoms with E-state index >= 15 is 0 Å². The number of nitrogens with zero attached hydrogens (tertiary/aromatic N) is 5. The van der Waals surface area contributed by atoms with Crippen molar-refractivity contribution in [3.8, 4) is 10.4 Å². The average molecular weight is 602 g/mol. The fourth-order valence-corrected chi connectivity index (χ4v) is 7.50.